The maximum atomic E-state index is 2.53. The first-order valence-corrected chi connectivity index (χ1v) is 17.9. The number of fused-ring (bicyclic) bond motifs is 7. The Bertz CT molecular complexity index is 2800. The van der Waals surface area contributed by atoms with Crippen molar-refractivity contribution in [2.24, 2.45) is 0 Å². The van der Waals surface area contributed by atoms with Crippen molar-refractivity contribution in [2.75, 3.05) is 0 Å². The van der Waals surface area contributed by atoms with Crippen LogP contribution in [0.1, 0.15) is 25.0 Å². The van der Waals surface area contributed by atoms with Crippen LogP contribution >= 0.6 is 0 Å². The third-order valence-electron chi connectivity index (χ3n) is 11.2. The highest BCUT2D eigenvalue weighted by molar-refractivity contribution is 6.28. The van der Waals surface area contributed by atoms with Crippen LogP contribution in [0, 0.1) is 0 Å². The maximum Gasteiger partial charge on any atom is 0.0165 e. The molecular formula is C51H36. The Morgan fingerprint density at radius 2 is 0.882 bits per heavy atom. The van der Waals surface area contributed by atoms with E-state index in [4.69, 9.17) is 0 Å². The van der Waals surface area contributed by atoms with Gasteiger partial charge in [-0.3, -0.25) is 0 Å². The monoisotopic (exact) mass is 648 g/mol. The Kier molecular flexibility index (Phi) is 6.63. The van der Waals surface area contributed by atoms with Gasteiger partial charge < -0.3 is 0 Å². The summed E-state index contributed by atoms with van der Waals surface area (Å²) < 4.78 is 0. The van der Waals surface area contributed by atoms with Crippen LogP contribution in [0.15, 0.2) is 182 Å². The summed E-state index contributed by atoms with van der Waals surface area (Å²) in [5.74, 6) is 0. The molecule has 1 aliphatic rings. The first-order chi connectivity index (χ1) is 25.1. The molecule has 0 fully saturated rings. The number of benzene rings is 9. The van der Waals surface area contributed by atoms with Crippen LogP contribution in [-0.4, -0.2) is 0 Å². The molecular weight excluding hydrogens is 613 g/mol. The molecule has 0 amide bonds. The quantitative estimate of drug-likeness (QED) is 0.167. The van der Waals surface area contributed by atoms with Gasteiger partial charge in [0.1, 0.15) is 0 Å². The predicted octanol–water partition coefficient (Wildman–Crippen LogP) is 14.1. The van der Waals surface area contributed by atoms with Crippen molar-refractivity contribution in [2.45, 2.75) is 19.3 Å². The van der Waals surface area contributed by atoms with Gasteiger partial charge in [-0.15, -0.1) is 0 Å². The highest BCUT2D eigenvalue weighted by Gasteiger charge is 2.40. The van der Waals surface area contributed by atoms with E-state index in [1.54, 1.807) is 0 Å². The van der Waals surface area contributed by atoms with Crippen molar-refractivity contribution in [3.05, 3.63) is 193 Å². The minimum Gasteiger partial charge on any atom is -0.0622 e. The van der Waals surface area contributed by atoms with Crippen molar-refractivity contribution >= 4 is 32.3 Å². The lowest BCUT2D eigenvalue weighted by molar-refractivity contribution is 0.662. The molecule has 0 spiro atoms. The highest BCUT2D eigenvalue weighted by Crippen LogP contribution is 2.58. The van der Waals surface area contributed by atoms with Crippen molar-refractivity contribution in [1.29, 1.82) is 0 Å². The Hall–Kier alpha value is -6.24. The fourth-order valence-corrected chi connectivity index (χ4v) is 9.00. The fourth-order valence-electron chi connectivity index (χ4n) is 9.00. The van der Waals surface area contributed by atoms with Gasteiger partial charge in [-0.25, -0.2) is 0 Å². The van der Waals surface area contributed by atoms with E-state index in [0.717, 1.165) is 0 Å². The van der Waals surface area contributed by atoms with Gasteiger partial charge in [0, 0.05) is 5.41 Å². The molecule has 51 heavy (non-hydrogen) atoms. The van der Waals surface area contributed by atoms with E-state index in [0.29, 0.717) is 0 Å². The van der Waals surface area contributed by atoms with Crippen LogP contribution in [0.4, 0.5) is 0 Å². The minimum absolute atomic E-state index is 0.195. The van der Waals surface area contributed by atoms with E-state index < -0.39 is 0 Å². The summed E-state index contributed by atoms with van der Waals surface area (Å²) in [5, 5.41) is 7.68. The molecule has 0 radical (unpaired) electrons. The van der Waals surface area contributed by atoms with Gasteiger partial charge in [-0.1, -0.05) is 184 Å². The molecule has 9 aromatic carbocycles. The summed E-state index contributed by atoms with van der Waals surface area (Å²) in [6.07, 6.45) is 0. The van der Waals surface area contributed by atoms with Gasteiger partial charge in [0.15, 0.2) is 0 Å². The van der Waals surface area contributed by atoms with Crippen LogP contribution in [0.3, 0.4) is 0 Å². The zero-order valence-corrected chi connectivity index (χ0v) is 28.8. The molecule has 240 valence electrons. The second kappa shape index (κ2) is 11.4. The molecule has 0 saturated heterocycles. The lowest BCUT2D eigenvalue weighted by Gasteiger charge is -2.27. The lowest BCUT2D eigenvalue weighted by atomic mass is 9.75. The predicted molar refractivity (Wildman–Crippen MR) is 218 cm³/mol. The third-order valence-corrected chi connectivity index (χ3v) is 11.2. The summed E-state index contributed by atoms with van der Waals surface area (Å²) in [5.41, 5.74) is 15.4. The Labute approximate surface area is 299 Å². The first-order valence-electron chi connectivity index (χ1n) is 17.9. The zero-order valence-electron chi connectivity index (χ0n) is 28.8. The number of hydrogen-bond donors (Lipinski definition) is 0. The van der Waals surface area contributed by atoms with Gasteiger partial charge in [-0.05, 0) is 111 Å². The molecule has 0 nitrogen and oxygen atoms in total. The molecule has 0 aromatic heterocycles. The van der Waals surface area contributed by atoms with Crippen LogP contribution in [-0.2, 0) is 5.41 Å². The van der Waals surface area contributed by atoms with Crippen molar-refractivity contribution in [3.8, 4) is 55.6 Å². The van der Waals surface area contributed by atoms with E-state index in [1.165, 1.54) is 99.1 Å². The largest absolute Gasteiger partial charge is 0.0622 e. The maximum absolute atomic E-state index is 2.53. The van der Waals surface area contributed by atoms with Crippen LogP contribution in [0.5, 0.6) is 0 Å². The van der Waals surface area contributed by atoms with Gasteiger partial charge in [0.05, 0.1) is 0 Å². The first kappa shape index (κ1) is 29.7. The fraction of sp³-hybridized carbons (Fsp3) is 0.0588. The number of hydrogen-bond acceptors (Lipinski definition) is 0. The van der Waals surface area contributed by atoms with Crippen molar-refractivity contribution < 1.29 is 0 Å². The Morgan fingerprint density at radius 1 is 0.333 bits per heavy atom. The molecule has 9 aromatic rings. The average molecular weight is 649 g/mol. The Morgan fingerprint density at radius 3 is 1.67 bits per heavy atom. The molecule has 0 aliphatic heterocycles. The summed E-state index contributed by atoms with van der Waals surface area (Å²) in [6.45, 7) is 4.83. The van der Waals surface area contributed by atoms with Crippen LogP contribution in [0.25, 0.3) is 88.0 Å². The standard InChI is InChI=1S/C51H36/c1-51(2)45-30-14-13-28-42(45)49-48-44(32-43(50(49)51)35-19-7-4-8-20-35)47(39-29-16-22-34-21-9-10-25-38(34)39)41-27-12-11-26-40(41)46(48)37-24-15-23-36(31-37)33-17-5-3-6-18-33/h3-32H,1-2H3. The van der Waals surface area contributed by atoms with Gasteiger partial charge in [0.25, 0.3) is 0 Å². The lowest BCUT2D eigenvalue weighted by Crippen LogP contribution is -2.16. The van der Waals surface area contributed by atoms with E-state index in [9.17, 15) is 0 Å². The molecule has 0 bridgehead atoms. The molecule has 0 N–H and O–H groups in total. The van der Waals surface area contributed by atoms with E-state index in [-0.39, 0.29) is 5.41 Å². The molecule has 0 atom stereocenters. The number of rotatable bonds is 4. The van der Waals surface area contributed by atoms with E-state index >= 15 is 0 Å². The zero-order chi connectivity index (χ0) is 34.1. The summed E-state index contributed by atoms with van der Waals surface area (Å²) in [7, 11) is 0. The normalized spacial score (nSPS) is 13.1. The topological polar surface area (TPSA) is 0 Å². The molecule has 0 unspecified atom stereocenters. The smallest absolute Gasteiger partial charge is 0.0165 e. The summed E-state index contributed by atoms with van der Waals surface area (Å²) in [6, 6.07) is 67.4. The van der Waals surface area contributed by atoms with E-state index in [2.05, 4.69) is 196 Å². The highest BCUT2D eigenvalue weighted by atomic mass is 14.4. The molecule has 10 rings (SSSR count). The van der Waals surface area contributed by atoms with Crippen LogP contribution < -0.4 is 0 Å². The second-order valence-electron chi connectivity index (χ2n) is 14.4. The average Bonchev–Trinajstić information content (AvgIpc) is 3.44. The second-order valence-corrected chi connectivity index (χ2v) is 14.4. The van der Waals surface area contributed by atoms with Gasteiger partial charge >= 0.3 is 0 Å². The Balaban J connectivity index is 1.47. The van der Waals surface area contributed by atoms with E-state index in [1.807, 2.05) is 0 Å². The van der Waals surface area contributed by atoms with Crippen molar-refractivity contribution in [3.63, 3.8) is 0 Å². The minimum atomic E-state index is -0.195. The van der Waals surface area contributed by atoms with Gasteiger partial charge in [0.2, 0.25) is 0 Å². The summed E-state index contributed by atoms with van der Waals surface area (Å²) in [4.78, 5) is 0. The molecule has 0 heterocycles. The van der Waals surface area contributed by atoms with Crippen LogP contribution in [0.2, 0.25) is 0 Å². The molecule has 1 aliphatic carbocycles. The van der Waals surface area contributed by atoms with Crippen molar-refractivity contribution in [1.82, 2.24) is 0 Å². The summed E-state index contributed by atoms with van der Waals surface area (Å²) >= 11 is 0. The molecule has 0 saturated carbocycles. The van der Waals surface area contributed by atoms with Gasteiger partial charge in [-0.2, -0.15) is 0 Å². The SMILES string of the molecule is CC1(C)c2ccccc2-c2c1c(-c1ccccc1)cc1c(-c3cccc4ccccc34)c3ccccc3c(-c3cccc(-c4ccccc4)c3)c21. The third kappa shape index (κ3) is 4.46. The molecule has 0 heteroatoms.